The molecule has 1 amide bonds. The number of hydrogen-bond donors (Lipinski definition) is 1. The number of nitro benzene ring substituents is 1. The Balaban J connectivity index is 1.95. The molecule has 8 nitrogen and oxygen atoms in total. The van der Waals surface area contributed by atoms with Crippen LogP contribution in [0.2, 0.25) is 10.0 Å². The highest BCUT2D eigenvalue weighted by atomic mass is 35.5. The zero-order valence-electron chi connectivity index (χ0n) is 14.5. The van der Waals surface area contributed by atoms with Gasteiger partial charge in [0.05, 0.1) is 16.2 Å². The average Bonchev–Trinajstić information content (AvgIpc) is 2.60. The summed E-state index contributed by atoms with van der Waals surface area (Å²) in [7, 11) is 3.42. The maximum atomic E-state index is 11.8. The fourth-order valence-corrected chi connectivity index (χ4v) is 2.55. The minimum Gasteiger partial charge on any atom is -0.482 e. The molecule has 0 unspecified atom stereocenters. The van der Waals surface area contributed by atoms with Gasteiger partial charge in [0.2, 0.25) is 0 Å². The van der Waals surface area contributed by atoms with Gasteiger partial charge in [-0.25, -0.2) is 5.43 Å². The van der Waals surface area contributed by atoms with Crippen LogP contribution >= 0.6 is 23.2 Å². The van der Waals surface area contributed by atoms with E-state index in [9.17, 15) is 14.9 Å². The first-order valence-corrected chi connectivity index (χ1v) is 8.39. The molecule has 0 aliphatic rings. The maximum absolute atomic E-state index is 11.8. The van der Waals surface area contributed by atoms with Crippen LogP contribution in [0.15, 0.2) is 41.5 Å². The molecule has 0 radical (unpaired) electrons. The van der Waals surface area contributed by atoms with E-state index in [0.29, 0.717) is 22.0 Å². The Labute approximate surface area is 165 Å². The molecule has 0 saturated carbocycles. The fraction of sp³-hybridized carbons (Fsp3) is 0.176. The van der Waals surface area contributed by atoms with Crippen molar-refractivity contribution in [2.75, 3.05) is 25.6 Å². The normalized spacial score (nSPS) is 10.7. The molecule has 0 fully saturated rings. The minimum atomic E-state index is -0.517. The van der Waals surface area contributed by atoms with Crippen molar-refractivity contribution in [1.82, 2.24) is 5.43 Å². The Hall–Kier alpha value is -2.84. The van der Waals surface area contributed by atoms with E-state index in [1.807, 2.05) is 0 Å². The first-order valence-electron chi connectivity index (χ1n) is 7.63. The number of benzene rings is 2. The zero-order valence-corrected chi connectivity index (χ0v) is 16.0. The molecule has 0 bridgehead atoms. The molecular weight excluding hydrogens is 395 g/mol. The second-order valence-electron chi connectivity index (χ2n) is 5.56. The number of amides is 1. The molecule has 0 saturated heterocycles. The lowest BCUT2D eigenvalue weighted by Gasteiger charge is -2.12. The number of nitro groups is 1. The molecule has 142 valence electrons. The fourth-order valence-electron chi connectivity index (χ4n) is 2.09. The summed E-state index contributed by atoms with van der Waals surface area (Å²) >= 11 is 11.7. The van der Waals surface area contributed by atoms with Crippen LogP contribution in [0.25, 0.3) is 0 Å². The van der Waals surface area contributed by atoms with Crippen molar-refractivity contribution in [1.29, 1.82) is 0 Å². The van der Waals surface area contributed by atoms with Crippen LogP contribution in [0.1, 0.15) is 5.56 Å². The van der Waals surface area contributed by atoms with E-state index in [4.69, 9.17) is 27.9 Å². The van der Waals surface area contributed by atoms with E-state index < -0.39 is 10.8 Å². The molecule has 0 aromatic heterocycles. The summed E-state index contributed by atoms with van der Waals surface area (Å²) < 4.78 is 5.28. The number of rotatable bonds is 7. The van der Waals surface area contributed by atoms with E-state index in [1.165, 1.54) is 18.3 Å². The molecule has 0 aliphatic heterocycles. The van der Waals surface area contributed by atoms with Gasteiger partial charge in [0.1, 0.15) is 11.4 Å². The van der Waals surface area contributed by atoms with Gasteiger partial charge in [0.25, 0.3) is 11.6 Å². The second-order valence-corrected chi connectivity index (χ2v) is 6.40. The van der Waals surface area contributed by atoms with Crippen molar-refractivity contribution in [3.05, 3.63) is 62.1 Å². The summed E-state index contributed by atoms with van der Waals surface area (Å²) in [6.45, 7) is -0.307. The van der Waals surface area contributed by atoms with E-state index in [1.54, 1.807) is 43.3 Å². The van der Waals surface area contributed by atoms with E-state index in [-0.39, 0.29) is 17.3 Å². The minimum absolute atomic E-state index is 0.0593. The number of nitrogens with one attached hydrogen (secondary N) is 1. The SMILES string of the molecule is CN(C)c1ccc(/C=N\NC(=O)COc2ccc(Cl)cc2Cl)cc1[N+](=O)[O-]. The molecule has 2 aromatic rings. The van der Waals surface area contributed by atoms with Gasteiger partial charge in [-0.3, -0.25) is 14.9 Å². The number of halogens is 2. The summed E-state index contributed by atoms with van der Waals surface area (Å²) in [6, 6.07) is 9.26. The smallest absolute Gasteiger partial charge is 0.293 e. The van der Waals surface area contributed by atoms with Gasteiger partial charge in [-0.1, -0.05) is 29.3 Å². The number of hydrazone groups is 1. The highest BCUT2D eigenvalue weighted by Crippen LogP contribution is 2.28. The van der Waals surface area contributed by atoms with Gasteiger partial charge in [0, 0.05) is 30.7 Å². The van der Waals surface area contributed by atoms with Crippen LogP contribution in [0.4, 0.5) is 11.4 Å². The molecule has 2 aromatic carbocycles. The number of ether oxygens (including phenoxy) is 1. The number of carbonyl (C=O) groups excluding carboxylic acids is 1. The summed E-state index contributed by atoms with van der Waals surface area (Å²) in [5.41, 5.74) is 3.15. The third-order valence-electron chi connectivity index (χ3n) is 3.33. The summed E-state index contributed by atoms with van der Waals surface area (Å²) in [6.07, 6.45) is 1.31. The third-order valence-corrected chi connectivity index (χ3v) is 3.86. The standard InChI is InChI=1S/C17H16Cl2N4O4/c1-22(2)14-5-3-11(7-15(14)23(25)26)9-20-21-17(24)10-27-16-6-4-12(18)8-13(16)19/h3-9H,10H2,1-2H3,(H,21,24)/b20-9-. The lowest BCUT2D eigenvalue weighted by Crippen LogP contribution is -2.24. The van der Waals surface area contributed by atoms with Crippen LogP contribution in [-0.4, -0.2) is 37.7 Å². The molecule has 27 heavy (non-hydrogen) atoms. The number of hydrogen-bond acceptors (Lipinski definition) is 6. The van der Waals surface area contributed by atoms with Crippen LogP contribution in [0, 0.1) is 10.1 Å². The Morgan fingerprint density at radius 1 is 1.30 bits per heavy atom. The van der Waals surface area contributed by atoms with Crippen molar-refractivity contribution in [3.8, 4) is 5.75 Å². The molecule has 1 N–H and O–H groups in total. The van der Waals surface area contributed by atoms with Crippen molar-refractivity contribution < 1.29 is 14.5 Å². The second kappa shape index (κ2) is 9.20. The van der Waals surface area contributed by atoms with Crippen LogP contribution < -0.4 is 15.1 Å². The average molecular weight is 411 g/mol. The maximum Gasteiger partial charge on any atom is 0.293 e. The zero-order chi connectivity index (χ0) is 20.0. The van der Waals surface area contributed by atoms with Gasteiger partial charge in [-0.15, -0.1) is 0 Å². The molecule has 10 heteroatoms. The molecule has 0 spiro atoms. The highest BCUT2D eigenvalue weighted by Gasteiger charge is 2.15. The predicted octanol–water partition coefficient (Wildman–Crippen LogP) is 3.50. The van der Waals surface area contributed by atoms with E-state index in [2.05, 4.69) is 10.5 Å². The van der Waals surface area contributed by atoms with Crippen LogP contribution in [-0.2, 0) is 4.79 Å². The lowest BCUT2D eigenvalue weighted by molar-refractivity contribution is -0.384. The van der Waals surface area contributed by atoms with Crippen molar-refractivity contribution in [3.63, 3.8) is 0 Å². The molecule has 0 heterocycles. The number of carbonyl (C=O) groups is 1. The van der Waals surface area contributed by atoms with Crippen molar-refractivity contribution >= 4 is 46.7 Å². The monoisotopic (exact) mass is 410 g/mol. The van der Waals surface area contributed by atoms with Crippen LogP contribution in [0.3, 0.4) is 0 Å². The quantitative estimate of drug-likeness (QED) is 0.427. The van der Waals surface area contributed by atoms with Gasteiger partial charge in [0.15, 0.2) is 6.61 Å². The molecular formula is C17H16Cl2N4O4. The number of anilines is 1. The van der Waals surface area contributed by atoms with Crippen molar-refractivity contribution in [2.45, 2.75) is 0 Å². The Morgan fingerprint density at radius 2 is 2.04 bits per heavy atom. The van der Waals surface area contributed by atoms with Gasteiger partial charge in [-0.05, 0) is 24.3 Å². The molecule has 0 aliphatic carbocycles. The third kappa shape index (κ3) is 5.83. The van der Waals surface area contributed by atoms with Crippen molar-refractivity contribution in [2.24, 2.45) is 5.10 Å². The topological polar surface area (TPSA) is 97.1 Å². The van der Waals surface area contributed by atoms with E-state index >= 15 is 0 Å². The lowest BCUT2D eigenvalue weighted by atomic mass is 10.2. The Morgan fingerprint density at radius 3 is 2.67 bits per heavy atom. The largest absolute Gasteiger partial charge is 0.482 e. The van der Waals surface area contributed by atoms with Gasteiger partial charge >= 0.3 is 0 Å². The summed E-state index contributed by atoms with van der Waals surface area (Å²) in [5.74, 6) is -0.202. The first kappa shape index (κ1) is 20.5. The Kier molecular flexibility index (Phi) is 6.98. The summed E-state index contributed by atoms with van der Waals surface area (Å²) in [5, 5.41) is 15.7. The molecule has 2 rings (SSSR count). The summed E-state index contributed by atoms with van der Waals surface area (Å²) in [4.78, 5) is 24.1. The van der Waals surface area contributed by atoms with Crippen LogP contribution in [0.5, 0.6) is 5.75 Å². The van der Waals surface area contributed by atoms with Gasteiger partial charge < -0.3 is 9.64 Å². The first-order chi connectivity index (χ1) is 12.8. The highest BCUT2D eigenvalue weighted by molar-refractivity contribution is 6.35. The molecule has 0 atom stereocenters. The number of nitrogens with zero attached hydrogens (tertiary/aromatic N) is 3. The Bertz CT molecular complexity index is 887. The predicted molar refractivity (Wildman–Crippen MR) is 105 cm³/mol. The van der Waals surface area contributed by atoms with E-state index in [0.717, 1.165) is 0 Å². The van der Waals surface area contributed by atoms with Gasteiger partial charge in [-0.2, -0.15) is 5.10 Å².